The van der Waals surface area contributed by atoms with Crippen molar-refractivity contribution >= 4 is 17.5 Å². The maximum absolute atomic E-state index is 12.5. The van der Waals surface area contributed by atoms with Crippen LogP contribution in [-0.4, -0.2) is 48.9 Å². The lowest BCUT2D eigenvalue weighted by atomic mass is 10.1. The van der Waals surface area contributed by atoms with Crippen molar-refractivity contribution in [2.45, 2.75) is 13.0 Å². The van der Waals surface area contributed by atoms with Crippen LogP contribution in [0.1, 0.15) is 12.1 Å². The molecule has 4 rings (SSSR count). The number of carbonyl (C=O) groups excluding carboxylic acids is 2. The molecule has 2 amide bonds. The average molecular weight is 379 g/mol. The monoisotopic (exact) mass is 379 g/mol. The van der Waals surface area contributed by atoms with Crippen LogP contribution in [-0.2, 0) is 16.1 Å². The first kappa shape index (κ1) is 17.6. The molecule has 3 aromatic rings. The number of tetrazole rings is 1. The van der Waals surface area contributed by atoms with E-state index in [4.69, 9.17) is 4.74 Å². The predicted molar refractivity (Wildman–Crippen MR) is 97.1 cm³/mol. The number of benzene rings is 1. The van der Waals surface area contributed by atoms with Crippen LogP contribution in [0.15, 0.2) is 48.7 Å². The molecule has 1 fully saturated rings. The zero-order valence-electron chi connectivity index (χ0n) is 14.8. The molecule has 2 aromatic heterocycles. The fourth-order valence-electron chi connectivity index (χ4n) is 2.94. The van der Waals surface area contributed by atoms with Crippen molar-refractivity contribution in [3.63, 3.8) is 0 Å². The number of aromatic amines is 1. The molecule has 28 heavy (non-hydrogen) atoms. The lowest BCUT2D eigenvalue weighted by Crippen LogP contribution is -2.28. The summed E-state index contributed by atoms with van der Waals surface area (Å²) >= 11 is 0. The Kier molecular flexibility index (Phi) is 4.91. The zero-order chi connectivity index (χ0) is 19.3. The van der Waals surface area contributed by atoms with E-state index in [1.807, 2.05) is 18.2 Å². The number of nitrogens with one attached hydrogen (secondary N) is 2. The van der Waals surface area contributed by atoms with Gasteiger partial charge in [-0.05, 0) is 41.6 Å². The van der Waals surface area contributed by atoms with Gasteiger partial charge >= 0.3 is 6.01 Å². The number of hydrogen-bond acceptors (Lipinski definition) is 7. The van der Waals surface area contributed by atoms with E-state index in [9.17, 15) is 9.59 Å². The molecule has 0 spiro atoms. The molecule has 0 aliphatic carbocycles. The molecule has 1 aliphatic heterocycles. The van der Waals surface area contributed by atoms with E-state index in [-0.39, 0.29) is 24.2 Å². The normalized spacial score (nSPS) is 16.2. The summed E-state index contributed by atoms with van der Waals surface area (Å²) in [6.45, 7) is 0.784. The summed E-state index contributed by atoms with van der Waals surface area (Å²) in [5.41, 5.74) is 1.41. The van der Waals surface area contributed by atoms with E-state index >= 15 is 0 Å². The van der Waals surface area contributed by atoms with Gasteiger partial charge in [0.2, 0.25) is 11.8 Å². The number of rotatable bonds is 6. The summed E-state index contributed by atoms with van der Waals surface area (Å²) in [6, 6.07) is 12.4. The Morgan fingerprint density at radius 3 is 2.82 bits per heavy atom. The third-order valence-electron chi connectivity index (χ3n) is 4.32. The highest BCUT2D eigenvalue weighted by Crippen LogP contribution is 2.23. The Balaban J connectivity index is 1.33. The van der Waals surface area contributed by atoms with E-state index in [1.54, 1.807) is 35.4 Å². The van der Waals surface area contributed by atoms with Crippen LogP contribution >= 0.6 is 0 Å². The van der Waals surface area contributed by atoms with E-state index in [0.717, 1.165) is 5.69 Å². The number of ether oxygens (including phenoxy) is 1. The number of nitrogens with zero attached hydrogens (tertiary/aromatic N) is 5. The minimum atomic E-state index is -0.397. The second kappa shape index (κ2) is 7.82. The number of pyridine rings is 1. The molecule has 2 N–H and O–H groups in total. The van der Waals surface area contributed by atoms with Crippen molar-refractivity contribution in [2.24, 2.45) is 5.92 Å². The number of carbonyl (C=O) groups is 2. The average Bonchev–Trinajstić information content (AvgIpc) is 3.34. The molecule has 1 saturated heterocycles. The van der Waals surface area contributed by atoms with E-state index in [1.165, 1.54) is 0 Å². The number of likely N-dealkylation sites (tertiary alicyclic amines) is 1. The molecule has 0 bridgehead atoms. The van der Waals surface area contributed by atoms with Crippen LogP contribution in [0.25, 0.3) is 0 Å². The molecule has 10 nitrogen and oxygen atoms in total. The summed E-state index contributed by atoms with van der Waals surface area (Å²) in [5, 5.41) is 15.9. The van der Waals surface area contributed by atoms with Crippen LogP contribution in [0.2, 0.25) is 0 Å². The van der Waals surface area contributed by atoms with Crippen LogP contribution in [0.3, 0.4) is 0 Å². The number of hydrogen-bond donors (Lipinski definition) is 2. The third-order valence-corrected chi connectivity index (χ3v) is 4.32. The number of H-pyrrole nitrogens is 1. The Morgan fingerprint density at radius 2 is 2.11 bits per heavy atom. The fourth-order valence-corrected chi connectivity index (χ4v) is 2.94. The summed E-state index contributed by atoms with van der Waals surface area (Å²) in [7, 11) is 0. The second-order valence-corrected chi connectivity index (χ2v) is 6.31. The van der Waals surface area contributed by atoms with Gasteiger partial charge in [0.15, 0.2) is 0 Å². The van der Waals surface area contributed by atoms with Crippen LogP contribution < -0.4 is 10.1 Å². The standard InChI is InChI=1S/C18H17N7O3/c26-16-9-12(10-25(16)11-14-3-1-2-8-19-14)17(27)20-13-4-6-15(7-5-13)28-18-21-23-24-22-18/h1-8,12H,9-11H2,(H,20,27)(H,21,22,23,24). The summed E-state index contributed by atoms with van der Waals surface area (Å²) in [4.78, 5) is 30.6. The molecular formula is C18H17N7O3. The van der Waals surface area contributed by atoms with Crippen molar-refractivity contribution in [3.05, 3.63) is 54.4 Å². The van der Waals surface area contributed by atoms with Gasteiger partial charge in [0.05, 0.1) is 18.2 Å². The Labute approximate surface area is 159 Å². The Bertz CT molecular complexity index is 945. The summed E-state index contributed by atoms with van der Waals surface area (Å²) in [6.07, 6.45) is 1.88. The third kappa shape index (κ3) is 4.11. The van der Waals surface area contributed by atoms with Gasteiger partial charge in [0.25, 0.3) is 0 Å². The lowest BCUT2D eigenvalue weighted by Gasteiger charge is -2.16. The van der Waals surface area contributed by atoms with Crippen molar-refractivity contribution in [1.82, 2.24) is 30.5 Å². The molecule has 3 heterocycles. The maximum atomic E-state index is 12.5. The minimum Gasteiger partial charge on any atom is -0.422 e. The zero-order valence-corrected chi connectivity index (χ0v) is 14.8. The number of aromatic nitrogens is 5. The second-order valence-electron chi connectivity index (χ2n) is 6.31. The molecule has 0 saturated carbocycles. The molecule has 10 heteroatoms. The van der Waals surface area contributed by atoms with Crippen molar-refractivity contribution < 1.29 is 14.3 Å². The van der Waals surface area contributed by atoms with Crippen LogP contribution in [0, 0.1) is 5.92 Å². The largest absolute Gasteiger partial charge is 0.422 e. The molecular weight excluding hydrogens is 362 g/mol. The van der Waals surface area contributed by atoms with E-state index in [2.05, 4.69) is 30.9 Å². The number of amides is 2. The summed E-state index contributed by atoms with van der Waals surface area (Å²) < 4.78 is 5.38. The molecule has 142 valence electrons. The van der Waals surface area contributed by atoms with Gasteiger partial charge in [-0.2, -0.15) is 5.21 Å². The fraction of sp³-hybridized carbons (Fsp3) is 0.222. The SMILES string of the molecule is O=C(Nc1ccc(Oc2nn[nH]n2)cc1)C1CC(=O)N(Cc2ccccn2)C1. The highest BCUT2D eigenvalue weighted by Gasteiger charge is 2.34. The molecule has 1 aliphatic rings. The molecule has 1 aromatic carbocycles. The quantitative estimate of drug-likeness (QED) is 0.662. The maximum Gasteiger partial charge on any atom is 0.361 e. The van der Waals surface area contributed by atoms with E-state index < -0.39 is 5.92 Å². The first-order valence-corrected chi connectivity index (χ1v) is 8.67. The van der Waals surface area contributed by atoms with Crippen molar-refractivity contribution in [2.75, 3.05) is 11.9 Å². The Morgan fingerprint density at radius 1 is 1.25 bits per heavy atom. The molecule has 0 radical (unpaired) electrons. The highest BCUT2D eigenvalue weighted by atomic mass is 16.5. The van der Waals surface area contributed by atoms with Gasteiger partial charge in [-0.1, -0.05) is 16.3 Å². The number of anilines is 1. The smallest absolute Gasteiger partial charge is 0.361 e. The van der Waals surface area contributed by atoms with E-state index in [0.29, 0.717) is 24.5 Å². The molecule has 1 unspecified atom stereocenters. The van der Waals surface area contributed by atoms with Crippen molar-refractivity contribution in [1.29, 1.82) is 0 Å². The van der Waals surface area contributed by atoms with Gasteiger partial charge in [-0.3, -0.25) is 14.6 Å². The first-order valence-electron chi connectivity index (χ1n) is 8.67. The first-order chi connectivity index (χ1) is 13.7. The van der Waals surface area contributed by atoms with Gasteiger partial charge in [0.1, 0.15) is 5.75 Å². The van der Waals surface area contributed by atoms with Gasteiger partial charge < -0.3 is 15.0 Å². The minimum absolute atomic E-state index is 0.0466. The van der Waals surface area contributed by atoms with Gasteiger partial charge in [-0.15, -0.1) is 0 Å². The van der Waals surface area contributed by atoms with Crippen LogP contribution in [0.4, 0.5) is 5.69 Å². The molecule has 1 atom stereocenters. The van der Waals surface area contributed by atoms with Crippen LogP contribution in [0.5, 0.6) is 11.8 Å². The Hall–Kier alpha value is -3.82. The van der Waals surface area contributed by atoms with Crippen molar-refractivity contribution in [3.8, 4) is 11.8 Å². The van der Waals surface area contributed by atoms with Gasteiger partial charge in [0, 0.05) is 24.8 Å². The van der Waals surface area contributed by atoms with Gasteiger partial charge in [-0.25, -0.2) is 0 Å². The lowest BCUT2D eigenvalue weighted by molar-refractivity contribution is -0.128. The topological polar surface area (TPSA) is 126 Å². The highest BCUT2D eigenvalue weighted by molar-refractivity contribution is 5.97. The summed E-state index contributed by atoms with van der Waals surface area (Å²) in [5.74, 6) is -0.123. The predicted octanol–water partition coefficient (Wildman–Crippen LogP) is 1.37.